The molecule has 0 spiro atoms. The SMILES string of the molecule is CCCCCCCCCCCCCCCCCCCCCCCCCCO[N+](=O)[O-]. The van der Waals surface area contributed by atoms with Crippen molar-refractivity contribution in [2.75, 3.05) is 6.61 Å². The van der Waals surface area contributed by atoms with Gasteiger partial charge in [-0.05, 0) is 6.42 Å². The molecule has 0 aromatic rings. The Morgan fingerprint density at radius 2 is 0.700 bits per heavy atom. The fourth-order valence-electron chi connectivity index (χ4n) is 4.20. The smallest absolute Gasteiger partial charge is 0.294 e. The summed E-state index contributed by atoms with van der Waals surface area (Å²) in [4.78, 5) is 14.3. The number of rotatable bonds is 26. The molecule has 0 amide bonds. The Morgan fingerprint density at radius 3 is 0.933 bits per heavy atom. The van der Waals surface area contributed by atoms with Crippen LogP contribution in [0.1, 0.15) is 161 Å². The highest BCUT2D eigenvalue weighted by Crippen LogP contribution is 2.15. The maximum Gasteiger partial charge on any atom is 0.294 e. The minimum Gasteiger partial charge on any atom is -0.314 e. The Morgan fingerprint density at radius 1 is 0.467 bits per heavy atom. The first-order valence-corrected chi connectivity index (χ1v) is 13.5. The Hall–Kier alpha value is -0.800. The zero-order chi connectivity index (χ0) is 22.0. The van der Waals surface area contributed by atoms with Crippen molar-refractivity contribution < 1.29 is 9.92 Å². The van der Waals surface area contributed by atoms with Gasteiger partial charge in [0.25, 0.3) is 5.09 Å². The molecule has 4 nitrogen and oxygen atoms in total. The molecule has 0 atom stereocenters. The van der Waals surface area contributed by atoms with E-state index in [2.05, 4.69) is 11.8 Å². The lowest BCUT2D eigenvalue weighted by molar-refractivity contribution is -0.757. The molecule has 4 heteroatoms. The van der Waals surface area contributed by atoms with Crippen LogP contribution < -0.4 is 0 Å². The van der Waals surface area contributed by atoms with Crippen LogP contribution in [0.3, 0.4) is 0 Å². The van der Waals surface area contributed by atoms with Crippen molar-refractivity contribution in [3.05, 3.63) is 10.1 Å². The molecule has 30 heavy (non-hydrogen) atoms. The second kappa shape index (κ2) is 26.2. The van der Waals surface area contributed by atoms with Gasteiger partial charge in [0.05, 0.1) is 6.61 Å². The van der Waals surface area contributed by atoms with Crippen LogP contribution in [0.25, 0.3) is 0 Å². The number of hydrogen-bond acceptors (Lipinski definition) is 3. The van der Waals surface area contributed by atoms with Crippen LogP contribution in [0.5, 0.6) is 0 Å². The van der Waals surface area contributed by atoms with E-state index in [4.69, 9.17) is 0 Å². The van der Waals surface area contributed by atoms with Gasteiger partial charge < -0.3 is 4.84 Å². The number of nitrogens with zero attached hydrogens (tertiary/aromatic N) is 1. The van der Waals surface area contributed by atoms with Crippen molar-refractivity contribution in [2.45, 2.75) is 161 Å². The molecular formula is C26H53NO3. The maximum atomic E-state index is 10.0. The number of hydrogen-bond donors (Lipinski definition) is 0. The lowest BCUT2D eigenvalue weighted by atomic mass is 10.0. The predicted octanol–water partition coefficient (Wildman–Crippen LogP) is 9.58. The van der Waals surface area contributed by atoms with Gasteiger partial charge in [-0.2, -0.15) is 0 Å². The average molecular weight is 428 g/mol. The standard InChI is InChI=1S/C26H53NO3/c1-2-3-4-5-6-7-8-9-10-11-12-13-14-15-16-17-18-19-20-21-22-23-24-25-26-30-27(28)29/h2-26H2,1H3. The Kier molecular flexibility index (Phi) is 25.5. The molecule has 0 N–H and O–H groups in total. The van der Waals surface area contributed by atoms with Gasteiger partial charge in [-0.15, -0.1) is 10.1 Å². The molecule has 0 saturated carbocycles. The summed E-state index contributed by atoms with van der Waals surface area (Å²) in [5.74, 6) is 0. The van der Waals surface area contributed by atoms with E-state index >= 15 is 0 Å². The molecule has 0 radical (unpaired) electrons. The summed E-state index contributed by atoms with van der Waals surface area (Å²) < 4.78 is 0. The van der Waals surface area contributed by atoms with Crippen molar-refractivity contribution in [2.24, 2.45) is 0 Å². The van der Waals surface area contributed by atoms with Crippen molar-refractivity contribution in [3.63, 3.8) is 0 Å². The molecule has 0 aromatic carbocycles. The summed E-state index contributed by atoms with van der Waals surface area (Å²) in [6.07, 6.45) is 32.8. The summed E-state index contributed by atoms with van der Waals surface area (Å²) in [5.41, 5.74) is 0. The first-order chi connectivity index (χ1) is 14.8. The molecule has 0 bridgehead atoms. The van der Waals surface area contributed by atoms with Crippen LogP contribution in [0.4, 0.5) is 0 Å². The minimum atomic E-state index is -0.696. The molecule has 0 aromatic heterocycles. The minimum absolute atomic E-state index is 0.256. The monoisotopic (exact) mass is 427 g/mol. The van der Waals surface area contributed by atoms with E-state index in [1.165, 1.54) is 141 Å². The maximum absolute atomic E-state index is 10.0. The van der Waals surface area contributed by atoms with E-state index in [1.807, 2.05) is 0 Å². The lowest BCUT2D eigenvalue weighted by Crippen LogP contribution is -2.01. The normalized spacial score (nSPS) is 11.1. The highest BCUT2D eigenvalue weighted by molar-refractivity contribution is 4.51. The van der Waals surface area contributed by atoms with E-state index in [9.17, 15) is 10.1 Å². The van der Waals surface area contributed by atoms with E-state index in [1.54, 1.807) is 0 Å². The van der Waals surface area contributed by atoms with Crippen LogP contribution in [-0.2, 0) is 4.84 Å². The first-order valence-electron chi connectivity index (χ1n) is 13.5. The van der Waals surface area contributed by atoms with Crippen molar-refractivity contribution in [1.82, 2.24) is 0 Å². The highest BCUT2D eigenvalue weighted by Gasteiger charge is 1.97. The van der Waals surface area contributed by atoms with E-state index in [0.29, 0.717) is 0 Å². The fourth-order valence-corrected chi connectivity index (χ4v) is 4.20. The van der Waals surface area contributed by atoms with Crippen LogP contribution in [0, 0.1) is 10.1 Å². The average Bonchev–Trinajstić information content (AvgIpc) is 2.73. The third-order valence-corrected chi connectivity index (χ3v) is 6.19. The van der Waals surface area contributed by atoms with E-state index in [0.717, 1.165) is 12.8 Å². The summed E-state index contributed by atoms with van der Waals surface area (Å²) in [6, 6.07) is 0. The molecule has 0 rings (SSSR count). The molecule has 0 aliphatic rings. The fraction of sp³-hybridized carbons (Fsp3) is 1.00. The van der Waals surface area contributed by atoms with E-state index < -0.39 is 5.09 Å². The van der Waals surface area contributed by atoms with Gasteiger partial charge in [0.2, 0.25) is 0 Å². The Balaban J connectivity index is 2.99. The molecule has 0 heterocycles. The van der Waals surface area contributed by atoms with Crippen LogP contribution >= 0.6 is 0 Å². The highest BCUT2D eigenvalue weighted by atomic mass is 16.9. The molecular weight excluding hydrogens is 374 g/mol. The third-order valence-electron chi connectivity index (χ3n) is 6.19. The largest absolute Gasteiger partial charge is 0.314 e. The van der Waals surface area contributed by atoms with Gasteiger partial charge >= 0.3 is 0 Å². The third kappa shape index (κ3) is 27.2. The molecule has 0 saturated heterocycles. The Labute approximate surface area is 188 Å². The van der Waals surface area contributed by atoms with Crippen molar-refractivity contribution >= 4 is 0 Å². The van der Waals surface area contributed by atoms with E-state index in [-0.39, 0.29) is 6.61 Å². The zero-order valence-electron chi connectivity index (χ0n) is 20.3. The van der Waals surface area contributed by atoms with Gasteiger partial charge in [0.15, 0.2) is 0 Å². The van der Waals surface area contributed by atoms with Gasteiger partial charge in [0.1, 0.15) is 0 Å². The van der Waals surface area contributed by atoms with Gasteiger partial charge in [-0.1, -0.05) is 155 Å². The van der Waals surface area contributed by atoms with Crippen molar-refractivity contribution in [3.8, 4) is 0 Å². The predicted molar refractivity (Wildman–Crippen MR) is 129 cm³/mol. The molecule has 0 aliphatic heterocycles. The second-order valence-electron chi connectivity index (χ2n) is 9.19. The summed E-state index contributed by atoms with van der Waals surface area (Å²) in [6.45, 7) is 2.55. The van der Waals surface area contributed by atoms with Crippen LogP contribution in [-0.4, -0.2) is 11.7 Å². The molecule has 0 unspecified atom stereocenters. The number of unbranched alkanes of at least 4 members (excludes halogenated alkanes) is 23. The Bertz CT molecular complexity index is 336. The van der Waals surface area contributed by atoms with Crippen molar-refractivity contribution in [1.29, 1.82) is 0 Å². The van der Waals surface area contributed by atoms with Gasteiger partial charge in [0, 0.05) is 0 Å². The molecule has 0 aliphatic carbocycles. The lowest BCUT2D eigenvalue weighted by Gasteiger charge is -2.04. The summed E-state index contributed by atoms with van der Waals surface area (Å²) in [7, 11) is 0. The summed E-state index contributed by atoms with van der Waals surface area (Å²) >= 11 is 0. The quantitative estimate of drug-likeness (QED) is 0.0784. The molecule has 0 fully saturated rings. The topological polar surface area (TPSA) is 52.4 Å². The van der Waals surface area contributed by atoms with Crippen LogP contribution in [0.2, 0.25) is 0 Å². The first kappa shape index (κ1) is 29.2. The van der Waals surface area contributed by atoms with Gasteiger partial charge in [-0.25, -0.2) is 0 Å². The van der Waals surface area contributed by atoms with Gasteiger partial charge in [-0.3, -0.25) is 0 Å². The second-order valence-corrected chi connectivity index (χ2v) is 9.19. The summed E-state index contributed by atoms with van der Waals surface area (Å²) in [5, 5.41) is 9.32. The van der Waals surface area contributed by atoms with Crippen LogP contribution in [0.15, 0.2) is 0 Å². The molecule has 180 valence electrons. The zero-order valence-corrected chi connectivity index (χ0v) is 20.3.